The van der Waals surface area contributed by atoms with Gasteiger partial charge in [0.1, 0.15) is 0 Å². The number of hydrogen-bond acceptors (Lipinski definition) is 5. The summed E-state index contributed by atoms with van der Waals surface area (Å²) >= 11 is 0. The lowest BCUT2D eigenvalue weighted by atomic mass is 10.4. The zero-order chi connectivity index (χ0) is 11.2. The molecule has 0 unspecified atom stereocenters. The van der Waals surface area contributed by atoms with Crippen molar-refractivity contribution < 1.29 is 0 Å². The Labute approximate surface area is 96.1 Å². The minimum atomic E-state index is 0.600. The molecule has 1 fully saturated rings. The van der Waals surface area contributed by atoms with Crippen LogP contribution in [0.1, 0.15) is 19.3 Å². The predicted molar refractivity (Wildman–Crippen MR) is 65.2 cm³/mol. The van der Waals surface area contributed by atoms with E-state index in [1.165, 1.54) is 32.5 Å². The van der Waals surface area contributed by atoms with Crippen LogP contribution in [0.3, 0.4) is 0 Å². The molecule has 88 valence electrons. The van der Waals surface area contributed by atoms with Crippen molar-refractivity contribution in [2.45, 2.75) is 19.3 Å². The smallest absolute Gasteiger partial charge is 0.222 e. The molecule has 0 atom stereocenters. The van der Waals surface area contributed by atoms with Crippen LogP contribution in [0.4, 0.5) is 11.6 Å². The number of hydrogen-bond donors (Lipinski definition) is 2. The summed E-state index contributed by atoms with van der Waals surface area (Å²) in [7, 11) is 0. The van der Waals surface area contributed by atoms with E-state index in [1.807, 2.05) is 0 Å². The molecule has 0 amide bonds. The monoisotopic (exact) mass is 221 g/mol. The van der Waals surface area contributed by atoms with Crippen LogP contribution in [0, 0.1) is 0 Å². The first kappa shape index (κ1) is 11.1. The Kier molecular flexibility index (Phi) is 3.93. The Morgan fingerprint density at radius 2 is 1.94 bits per heavy atom. The summed E-state index contributed by atoms with van der Waals surface area (Å²) in [5, 5.41) is 3.19. The number of nitrogen functional groups attached to an aromatic ring is 1. The fourth-order valence-electron chi connectivity index (χ4n) is 1.94. The lowest BCUT2D eigenvalue weighted by Gasteiger charge is -2.14. The van der Waals surface area contributed by atoms with Crippen LogP contribution in [-0.4, -0.2) is 41.0 Å². The van der Waals surface area contributed by atoms with Gasteiger partial charge in [0.15, 0.2) is 0 Å². The average molecular weight is 221 g/mol. The summed E-state index contributed by atoms with van der Waals surface area (Å²) in [6.45, 7) is 4.61. The Morgan fingerprint density at radius 1 is 1.25 bits per heavy atom. The second-order valence-electron chi connectivity index (χ2n) is 4.17. The number of likely N-dealkylation sites (tertiary alicyclic amines) is 1. The first-order valence-corrected chi connectivity index (χ1v) is 5.88. The van der Waals surface area contributed by atoms with Crippen LogP contribution in [0.5, 0.6) is 0 Å². The molecule has 1 aliphatic rings. The Morgan fingerprint density at radius 3 is 2.62 bits per heavy atom. The number of nitrogens with two attached hydrogens (primary N) is 1. The molecular weight excluding hydrogens is 202 g/mol. The fraction of sp³-hybridized carbons (Fsp3) is 0.636. The Balaban J connectivity index is 1.62. The first-order chi connectivity index (χ1) is 7.84. The molecule has 0 saturated carbocycles. The maximum Gasteiger partial charge on any atom is 0.222 e. The molecule has 3 N–H and O–H groups in total. The van der Waals surface area contributed by atoms with Crippen LogP contribution in [-0.2, 0) is 0 Å². The van der Waals surface area contributed by atoms with Gasteiger partial charge in [0, 0.05) is 6.54 Å². The molecule has 0 bridgehead atoms. The Hall–Kier alpha value is -1.36. The lowest BCUT2D eigenvalue weighted by Crippen LogP contribution is -2.22. The van der Waals surface area contributed by atoms with E-state index in [4.69, 9.17) is 5.73 Å². The second kappa shape index (κ2) is 5.65. The van der Waals surface area contributed by atoms with Crippen LogP contribution in [0.15, 0.2) is 12.4 Å². The molecule has 0 spiro atoms. The highest BCUT2D eigenvalue weighted by Crippen LogP contribution is 2.07. The van der Waals surface area contributed by atoms with E-state index in [1.54, 1.807) is 12.4 Å². The zero-order valence-electron chi connectivity index (χ0n) is 9.52. The van der Waals surface area contributed by atoms with Crippen LogP contribution >= 0.6 is 0 Å². The van der Waals surface area contributed by atoms with Gasteiger partial charge in [-0.1, -0.05) is 0 Å². The van der Waals surface area contributed by atoms with E-state index in [-0.39, 0.29) is 0 Å². The standard InChI is InChI=1S/C11H19N5/c12-10-8-14-11(15-9-10)13-4-3-7-16-5-1-2-6-16/h8-9H,1-7,12H2,(H,13,14,15). The second-order valence-corrected chi connectivity index (χ2v) is 4.17. The van der Waals surface area contributed by atoms with Crippen LogP contribution in [0.25, 0.3) is 0 Å². The third-order valence-corrected chi connectivity index (χ3v) is 2.80. The van der Waals surface area contributed by atoms with E-state index < -0.39 is 0 Å². The van der Waals surface area contributed by atoms with Gasteiger partial charge in [0.25, 0.3) is 0 Å². The van der Waals surface area contributed by atoms with Gasteiger partial charge in [-0.05, 0) is 38.9 Å². The molecule has 0 aromatic carbocycles. The maximum absolute atomic E-state index is 5.50. The van der Waals surface area contributed by atoms with Crippen LogP contribution in [0.2, 0.25) is 0 Å². The normalized spacial score (nSPS) is 16.5. The van der Waals surface area contributed by atoms with Crippen molar-refractivity contribution in [2.75, 3.05) is 37.2 Å². The molecule has 0 aliphatic carbocycles. The largest absolute Gasteiger partial charge is 0.396 e. The van der Waals surface area contributed by atoms with E-state index in [9.17, 15) is 0 Å². The quantitative estimate of drug-likeness (QED) is 0.725. The summed E-state index contributed by atoms with van der Waals surface area (Å²) in [6.07, 6.45) is 7.09. The Bertz CT molecular complexity index is 305. The number of rotatable bonds is 5. The van der Waals surface area contributed by atoms with Gasteiger partial charge in [-0.25, -0.2) is 9.97 Å². The summed E-state index contributed by atoms with van der Waals surface area (Å²) in [6, 6.07) is 0. The topological polar surface area (TPSA) is 67.1 Å². The molecule has 16 heavy (non-hydrogen) atoms. The summed E-state index contributed by atoms with van der Waals surface area (Å²) in [5.41, 5.74) is 6.10. The number of aromatic nitrogens is 2. The molecular formula is C11H19N5. The van der Waals surface area contributed by atoms with Gasteiger partial charge in [0.2, 0.25) is 5.95 Å². The van der Waals surface area contributed by atoms with E-state index in [2.05, 4.69) is 20.2 Å². The number of nitrogens with zero attached hydrogens (tertiary/aromatic N) is 3. The highest BCUT2D eigenvalue weighted by Gasteiger charge is 2.09. The minimum Gasteiger partial charge on any atom is -0.396 e. The van der Waals surface area contributed by atoms with E-state index >= 15 is 0 Å². The number of anilines is 2. The zero-order valence-corrected chi connectivity index (χ0v) is 9.52. The third kappa shape index (κ3) is 3.34. The van der Waals surface area contributed by atoms with Crippen molar-refractivity contribution in [1.82, 2.24) is 14.9 Å². The fourth-order valence-corrected chi connectivity index (χ4v) is 1.94. The highest BCUT2D eigenvalue weighted by atomic mass is 15.1. The van der Waals surface area contributed by atoms with Crippen molar-refractivity contribution in [3.63, 3.8) is 0 Å². The number of nitrogens with one attached hydrogen (secondary N) is 1. The highest BCUT2D eigenvalue weighted by molar-refractivity contribution is 5.35. The van der Waals surface area contributed by atoms with Crippen LogP contribution < -0.4 is 11.1 Å². The molecule has 2 heterocycles. The van der Waals surface area contributed by atoms with Gasteiger partial charge < -0.3 is 16.0 Å². The van der Waals surface area contributed by atoms with Crippen molar-refractivity contribution in [1.29, 1.82) is 0 Å². The summed E-state index contributed by atoms with van der Waals surface area (Å²) in [5.74, 6) is 0.663. The van der Waals surface area contributed by atoms with Crippen molar-refractivity contribution in [3.05, 3.63) is 12.4 Å². The summed E-state index contributed by atoms with van der Waals surface area (Å²) in [4.78, 5) is 10.7. The molecule has 1 saturated heterocycles. The molecule has 1 aliphatic heterocycles. The molecule has 1 aromatic heterocycles. The molecule has 0 radical (unpaired) electrons. The van der Waals surface area contributed by atoms with Gasteiger partial charge in [-0.3, -0.25) is 0 Å². The lowest BCUT2D eigenvalue weighted by molar-refractivity contribution is 0.337. The first-order valence-electron chi connectivity index (χ1n) is 5.88. The van der Waals surface area contributed by atoms with Crippen molar-refractivity contribution >= 4 is 11.6 Å². The molecule has 5 heteroatoms. The van der Waals surface area contributed by atoms with Gasteiger partial charge in [0.05, 0.1) is 18.1 Å². The maximum atomic E-state index is 5.50. The third-order valence-electron chi connectivity index (χ3n) is 2.80. The van der Waals surface area contributed by atoms with E-state index in [0.717, 1.165) is 13.0 Å². The summed E-state index contributed by atoms with van der Waals surface area (Å²) < 4.78 is 0. The average Bonchev–Trinajstić information content (AvgIpc) is 2.80. The van der Waals surface area contributed by atoms with Gasteiger partial charge in [-0.15, -0.1) is 0 Å². The molecule has 5 nitrogen and oxygen atoms in total. The molecule has 2 rings (SSSR count). The SMILES string of the molecule is Nc1cnc(NCCCN2CCCC2)nc1. The van der Waals surface area contributed by atoms with Gasteiger partial charge >= 0.3 is 0 Å². The van der Waals surface area contributed by atoms with Crippen molar-refractivity contribution in [2.24, 2.45) is 0 Å². The van der Waals surface area contributed by atoms with Gasteiger partial charge in [-0.2, -0.15) is 0 Å². The van der Waals surface area contributed by atoms with Crippen molar-refractivity contribution in [3.8, 4) is 0 Å². The predicted octanol–water partition coefficient (Wildman–Crippen LogP) is 0.957. The minimum absolute atomic E-state index is 0.600. The van der Waals surface area contributed by atoms with E-state index in [0.29, 0.717) is 11.6 Å². The molecule has 1 aromatic rings.